The SMILES string of the molecule is N#Cc1ccc(Sc2nnc(Nc3ccccc3F)s2)nn1. The molecular formula is C13H7FN6S2. The first kappa shape index (κ1) is 14.4. The molecule has 0 aliphatic heterocycles. The summed E-state index contributed by atoms with van der Waals surface area (Å²) >= 11 is 2.54. The quantitative estimate of drug-likeness (QED) is 0.785. The van der Waals surface area contributed by atoms with E-state index in [0.717, 1.165) is 0 Å². The Bertz CT molecular complexity index is 827. The van der Waals surface area contributed by atoms with Gasteiger partial charge in [0.2, 0.25) is 5.13 Å². The van der Waals surface area contributed by atoms with Gasteiger partial charge in [0.15, 0.2) is 10.0 Å². The molecule has 1 N–H and O–H groups in total. The first-order chi connectivity index (χ1) is 10.7. The molecule has 3 rings (SSSR count). The molecule has 0 saturated carbocycles. The summed E-state index contributed by atoms with van der Waals surface area (Å²) < 4.78 is 14.2. The van der Waals surface area contributed by atoms with Gasteiger partial charge in [-0.3, -0.25) is 0 Å². The number of nitrogens with zero attached hydrogens (tertiary/aromatic N) is 5. The van der Waals surface area contributed by atoms with Crippen molar-refractivity contribution in [2.24, 2.45) is 0 Å². The fraction of sp³-hybridized carbons (Fsp3) is 0. The highest BCUT2D eigenvalue weighted by Crippen LogP contribution is 2.31. The number of rotatable bonds is 4. The van der Waals surface area contributed by atoms with Crippen LogP contribution in [0.1, 0.15) is 5.69 Å². The van der Waals surface area contributed by atoms with Gasteiger partial charge in [0.1, 0.15) is 16.9 Å². The summed E-state index contributed by atoms with van der Waals surface area (Å²) in [6.07, 6.45) is 0. The van der Waals surface area contributed by atoms with E-state index in [1.165, 1.54) is 29.2 Å². The molecule has 0 fully saturated rings. The first-order valence-corrected chi connectivity index (χ1v) is 7.64. The molecule has 0 radical (unpaired) electrons. The van der Waals surface area contributed by atoms with Crippen molar-refractivity contribution in [3.8, 4) is 6.07 Å². The van der Waals surface area contributed by atoms with E-state index in [0.29, 0.717) is 20.2 Å². The second kappa shape index (κ2) is 6.46. The highest BCUT2D eigenvalue weighted by Gasteiger charge is 2.09. The molecule has 6 nitrogen and oxygen atoms in total. The van der Waals surface area contributed by atoms with E-state index in [-0.39, 0.29) is 11.5 Å². The topological polar surface area (TPSA) is 87.4 Å². The smallest absolute Gasteiger partial charge is 0.210 e. The lowest BCUT2D eigenvalue weighted by atomic mass is 10.3. The molecule has 2 aromatic heterocycles. The molecule has 0 unspecified atom stereocenters. The second-order valence-corrected chi connectivity index (χ2v) is 6.19. The van der Waals surface area contributed by atoms with Crippen molar-refractivity contribution in [2.45, 2.75) is 9.37 Å². The number of nitriles is 1. The predicted octanol–water partition coefficient (Wildman–Crippen LogP) is 3.23. The van der Waals surface area contributed by atoms with Gasteiger partial charge in [-0.15, -0.1) is 20.4 Å². The van der Waals surface area contributed by atoms with Gasteiger partial charge in [-0.1, -0.05) is 23.5 Å². The van der Waals surface area contributed by atoms with Crippen molar-refractivity contribution in [2.75, 3.05) is 5.32 Å². The van der Waals surface area contributed by atoms with Crippen LogP contribution in [0.2, 0.25) is 0 Å². The summed E-state index contributed by atoms with van der Waals surface area (Å²) in [7, 11) is 0. The summed E-state index contributed by atoms with van der Waals surface area (Å²) in [5, 5.41) is 28.2. The molecule has 0 atom stereocenters. The van der Waals surface area contributed by atoms with E-state index >= 15 is 0 Å². The van der Waals surface area contributed by atoms with Crippen molar-refractivity contribution in [1.29, 1.82) is 5.26 Å². The molecular weight excluding hydrogens is 323 g/mol. The Hall–Kier alpha value is -2.57. The molecule has 0 saturated heterocycles. The maximum atomic E-state index is 13.5. The van der Waals surface area contributed by atoms with E-state index < -0.39 is 0 Å². The average Bonchev–Trinajstić information content (AvgIpc) is 2.97. The zero-order chi connectivity index (χ0) is 15.4. The van der Waals surface area contributed by atoms with Crippen molar-refractivity contribution in [1.82, 2.24) is 20.4 Å². The van der Waals surface area contributed by atoms with Crippen molar-refractivity contribution < 1.29 is 4.39 Å². The third-order valence-electron chi connectivity index (χ3n) is 2.47. The van der Waals surface area contributed by atoms with Gasteiger partial charge in [-0.25, -0.2) is 4.39 Å². The summed E-state index contributed by atoms with van der Waals surface area (Å²) in [4.78, 5) is 0. The first-order valence-electron chi connectivity index (χ1n) is 6.01. The van der Waals surface area contributed by atoms with E-state index in [9.17, 15) is 4.39 Å². The molecule has 3 aromatic rings. The van der Waals surface area contributed by atoms with E-state index in [4.69, 9.17) is 5.26 Å². The minimum Gasteiger partial charge on any atom is -0.328 e. The van der Waals surface area contributed by atoms with Gasteiger partial charge in [-0.2, -0.15) is 5.26 Å². The fourth-order valence-electron chi connectivity index (χ4n) is 1.50. The molecule has 0 aliphatic rings. The third kappa shape index (κ3) is 3.36. The van der Waals surface area contributed by atoms with Crippen molar-refractivity contribution in [3.05, 3.63) is 47.9 Å². The number of nitrogens with one attached hydrogen (secondary N) is 1. The van der Waals surface area contributed by atoms with Crippen molar-refractivity contribution in [3.63, 3.8) is 0 Å². The van der Waals surface area contributed by atoms with Gasteiger partial charge in [0.25, 0.3) is 0 Å². The molecule has 22 heavy (non-hydrogen) atoms. The van der Waals surface area contributed by atoms with Gasteiger partial charge >= 0.3 is 0 Å². The maximum absolute atomic E-state index is 13.5. The zero-order valence-corrected chi connectivity index (χ0v) is 12.5. The molecule has 0 bridgehead atoms. The lowest BCUT2D eigenvalue weighted by Crippen LogP contribution is -1.92. The van der Waals surface area contributed by atoms with E-state index in [1.807, 2.05) is 6.07 Å². The van der Waals surface area contributed by atoms with Crippen LogP contribution in [0.3, 0.4) is 0 Å². The highest BCUT2D eigenvalue weighted by molar-refractivity contribution is 8.01. The minimum atomic E-state index is -0.357. The minimum absolute atomic E-state index is 0.253. The standard InChI is InChI=1S/C13H7FN6S2/c14-9-3-1-2-4-10(9)16-12-19-20-13(22-12)21-11-6-5-8(7-15)17-18-11/h1-6H,(H,16,19). The van der Waals surface area contributed by atoms with Gasteiger partial charge in [0.05, 0.1) is 5.69 Å². The van der Waals surface area contributed by atoms with Crippen LogP contribution in [0.4, 0.5) is 15.2 Å². The van der Waals surface area contributed by atoms with Crippen LogP contribution in [0.25, 0.3) is 0 Å². The molecule has 9 heteroatoms. The summed E-state index contributed by atoms with van der Waals surface area (Å²) in [6.45, 7) is 0. The van der Waals surface area contributed by atoms with Gasteiger partial charge in [0, 0.05) is 0 Å². The molecule has 0 aliphatic carbocycles. The molecule has 0 spiro atoms. The Balaban J connectivity index is 1.71. The Kier molecular flexibility index (Phi) is 4.22. The van der Waals surface area contributed by atoms with E-state index in [2.05, 4.69) is 25.7 Å². The van der Waals surface area contributed by atoms with Crippen LogP contribution in [0, 0.1) is 17.1 Å². The van der Waals surface area contributed by atoms with Crippen molar-refractivity contribution >= 4 is 33.9 Å². The molecule has 1 aromatic carbocycles. The lowest BCUT2D eigenvalue weighted by molar-refractivity contribution is 0.632. The van der Waals surface area contributed by atoms with Gasteiger partial charge in [-0.05, 0) is 36.0 Å². The van der Waals surface area contributed by atoms with E-state index in [1.54, 1.807) is 30.3 Å². The van der Waals surface area contributed by atoms with Gasteiger partial charge < -0.3 is 5.32 Å². The summed E-state index contributed by atoms with van der Waals surface area (Å²) in [6, 6.07) is 11.5. The normalized spacial score (nSPS) is 10.2. The number of halogens is 1. The Morgan fingerprint density at radius 2 is 1.95 bits per heavy atom. The second-order valence-electron chi connectivity index (χ2n) is 3.95. The predicted molar refractivity (Wildman–Crippen MR) is 80.5 cm³/mol. The summed E-state index contributed by atoms with van der Waals surface area (Å²) in [5.41, 5.74) is 0.594. The Morgan fingerprint density at radius 3 is 2.68 bits per heavy atom. The lowest BCUT2D eigenvalue weighted by Gasteiger charge is -2.01. The number of anilines is 2. The number of para-hydroxylation sites is 1. The number of aromatic nitrogens is 4. The molecule has 108 valence electrons. The Morgan fingerprint density at radius 1 is 1.09 bits per heavy atom. The number of hydrogen-bond acceptors (Lipinski definition) is 8. The number of hydrogen-bond donors (Lipinski definition) is 1. The summed E-state index contributed by atoms with van der Waals surface area (Å²) in [5.74, 6) is -0.357. The average molecular weight is 330 g/mol. The van der Waals surface area contributed by atoms with Crippen LogP contribution in [0.15, 0.2) is 45.8 Å². The largest absolute Gasteiger partial charge is 0.328 e. The highest BCUT2D eigenvalue weighted by atomic mass is 32.2. The number of benzene rings is 1. The van der Waals surface area contributed by atoms with Crippen LogP contribution >= 0.6 is 23.1 Å². The monoisotopic (exact) mass is 330 g/mol. The molecule has 0 amide bonds. The van der Waals surface area contributed by atoms with Crippen LogP contribution in [0.5, 0.6) is 0 Å². The maximum Gasteiger partial charge on any atom is 0.210 e. The Labute approximate surface area is 133 Å². The van der Waals surface area contributed by atoms with Crippen LogP contribution < -0.4 is 5.32 Å². The van der Waals surface area contributed by atoms with Crippen LogP contribution in [-0.2, 0) is 0 Å². The fourth-order valence-corrected chi connectivity index (χ4v) is 3.13. The third-order valence-corrected chi connectivity index (χ3v) is 4.28. The molecule has 2 heterocycles. The zero-order valence-electron chi connectivity index (χ0n) is 10.9. The van der Waals surface area contributed by atoms with Crippen LogP contribution in [-0.4, -0.2) is 20.4 Å².